The molecule has 1 aromatic rings. The van der Waals surface area contributed by atoms with Gasteiger partial charge in [0.05, 0.1) is 0 Å². The van der Waals surface area contributed by atoms with Crippen molar-refractivity contribution in [2.24, 2.45) is 0 Å². The molecule has 0 fully saturated rings. The molecule has 1 rings (SSSR count). The average molecular weight is 225 g/mol. The van der Waals surface area contributed by atoms with Gasteiger partial charge in [-0.1, -0.05) is 6.42 Å². The Morgan fingerprint density at radius 3 is 2.73 bits per heavy atom. The van der Waals surface area contributed by atoms with Crippen LogP contribution in [0.3, 0.4) is 0 Å². The second-order valence-electron chi connectivity index (χ2n) is 3.66. The zero-order chi connectivity index (χ0) is 11.1. The van der Waals surface area contributed by atoms with Crippen molar-refractivity contribution in [2.45, 2.75) is 31.1 Å². The Bertz CT molecular complexity index is 302. The van der Waals surface area contributed by atoms with Gasteiger partial charge in [-0.15, -0.1) is 11.8 Å². The van der Waals surface area contributed by atoms with Gasteiger partial charge in [0.2, 0.25) is 0 Å². The Balaban J connectivity index is 2.31. The predicted molar refractivity (Wildman–Crippen MR) is 67.3 cm³/mol. The highest BCUT2D eigenvalue weighted by Crippen LogP contribution is 2.25. The summed E-state index contributed by atoms with van der Waals surface area (Å²) in [7, 11) is 0. The van der Waals surface area contributed by atoms with E-state index in [1.807, 2.05) is 23.9 Å². The topological polar surface area (TPSA) is 46.2 Å². The first-order valence-electron chi connectivity index (χ1n) is 5.34. The third kappa shape index (κ3) is 4.58. The number of aliphatic hydroxyl groups excluding tert-OH is 1. The molecule has 0 saturated carbocycles. The molecule has 0 unspecified atom stereocenters. The molecule has 0 heterocycles. The van der Waals surface area contributed by atoms with Crippen LogP contribution < -0.4 is 5.73 Å². The van der Waals surface area contributed by atoms with Crippen molar-refractivity contribution in [1.82, 2.24) is 0 Å². The lowest BCUT2D eigenvalue weighted by atomic mass is 10.2. The molecule has 84 valence electrons. The minimum atomic E-state index is 0.311. The lowest BCUT2D eigenvalue weighted by Crippen LogP contribution is -1.89. The molecule has 0 spiro atoms. The largest absolute Gasteiger partial charge is 0.399 e. The van der Waals surface area contributed by atoms with E-state index in [-0.39, 0.29) is 0 Å². The molecular formula is C12H19NOS. The van der Waals surface area contributed by atoms with E-state index in [9.17, 15) is 0 Å². The third-order valence-electron chi connectivity index (χ3n) is 2.26. The second-order valence-corrected chi connectivity index (χ2v) is 4.79. The third-order valence-corrected chi connectivity index (χ3v) is 3.52. The number of benzene rings is 1. The van der Waals surface area contributed by atoms with Gasteiger partial charge in [0.15, 0.2) is 0 Å². The number of nitrogen functional groups attached to an aromatic ring is 1. The minimum Gasteiger partial charge on any atom is -0.399 e. The van der Waals surface area contributed by atoms with Crippen LogP contribution >= 0.6 is 11.8 Å². The van der Waals surface area contributed by atoms with Crippen molar-refractivity contribution in [3.05, 3.63) is 23.8 Å². The average Bonchev–Trinajstić information content (AvgIpc) is 2.20. The van der Waals surface area contributed by atoms with Crippen molar-refractivity contribution >= 4 is 17.4 Å². The van der Waals surface area contributed by atoms with Gasteiger partial charge in [0.1, 0.15) is 0 Å². The smallest absolute Gasteiger partial charge is 0.0431 e. The standard InChI is InChI=1S/C12H19NOS/c1-10-9-11(13)5-6-12(10)15-8-4-2-3-7-14/h5-6,9,14H,2-4,7-8,13H2,1H3. The van der Waals surface area contributed by atoms with Crippen LogP contribution in [0, 0.1) is 6.92 Å². The fourth-order valence-corrected chi connectivity index (χ4v) is 2.43. The van der Waals surface area contributed by atoms with E-state index in [1.54, 1.807) is 0 Å². The van der Waals surface area contributed by atoms with Crippen molar-refractivity contribution in [2.75, 3.05) is 18.1 Å². The Kier molecular flexibility index (Phi) is 5.58. The fourth-order valence-electron chi connectivity index (χ4n) is 1.41. The summed E-state index contributed by atoms with van der Waals surface area (Å²) in [5.74, 6) is 1.12. The summed E-state index contributed by atoms with van der Waals surface area (Å²) in [6.07, 6.45) is 3.19. The van der Waals surface area contributed by atoms with Crippen LogP contribution in [0.1, 0.15) is 24.8 Å². The van der Waals surface area contributed by atoms with E-state index >= 15 is 0 Å². The molecule has 3 N–H and O–H groups in total. The summed E-state index contributed by atoms with van der Waals surface area (Å²) < 4.78 is 0. The van der Waals surface area contributed by atoms with Crippen LogP contribution in [0.2, 0.25) is 0 Å². The van der Waals surface area contributed by atoms with Crippen LogP contribution in [0.25, 0.3) is 0 Å². The number of anilines is 1. The van der Waals surface area contributed by atoms with Gasteiger partial charge in [-0.05, 0) is 49.3 Å². The Morgan fingerprint density at radius 1 is 1.27 bits per heavy atom. The molecule has 3 heteroatoms. The second kappa shape index (κ2) is 6.75. The molecule has 0 radical (unpaired) electrons. The van der Waals surface area contributed by atoms with Crippen molar-refractivity contribution in [3.63, 3.8) is 0 Å². The van der Waals surface area contributed by atoms with Crippen LogP contribution in [0.5, 0.6) is 0 Å². The number of thioether (sulfide) groups is 1. The van der Waals surface area contributed by atoms with Gasteiger partial charge in [-0.25, -0.2) is 0 Å². The highest BCUT2D eigenvalue weighted by molar-refractivity contribution is 7.99. The van der Waals surface area contributed by atoms with Crippen LogP contribution in [0.4, 0.5) is 5.69 Å². The van der Waals surface area contributed by atoms with Gasteiger partial charge >= 0.3 is 0 Å². The van der Waals surface area contributed by atoms with E-state index in [0.717, 1.165) is 30.7 Å². The van der Waals surface area contributed by atoms with Crippen molar-refractivity contribution in [3.8, 4) is 0 Å². The summed E-state index contributed by atoms with van der Waals surface area (Å²) in [5, 5.41) is 8.64. The van der Waals surface area contributed by atoms with Gasteiger partial charge in [-0.2, -0.15) is 0 Å². The SMILES string of the molecule is Cc1cc(N)ccc1SCCCCCO. The highest BCUT2D eigenvalue weighted by Gasteiger charge is 1.99. The van der Waals surface area contributed by atoms with Crippen LogP contribution in [-0.2, 0) is 0 Å². The first-order chi connectivity index (χ1) is 7.24. The summed E-state index contributed by atoms with van der Waals surface area (Å²) in [4.78, 5) is 1.31. The summed E-state index contributed by atoms with van der Waals surface area (Å²) >= 11 is 1.87. The van der Waals surface area contributed by atoms with Gasteiger partial charge in [0.25, 0.3) is 0 Å². The van der Waals surface area contributed by atoms with Crippen molar-refractivity contribution in [1.29, 1.82) is 0 Å². The van der Waals surface area contributed by atoms with E-state index in [4.69, 9.17) is 10.8 Å². The van der Waals surface area contributed by atoms with E-state index in [2.05, 4.69) is 13.0 Å². The molecule has 15 heavy (non-hydrogen) atoms. The minimum absolute atomic E-state index is 0.311. The lowest BCUT2D eigenvalue weighted by Gasteiger charge is -2.06. The summed E-state index contributed by atoms with van der Waals surface area (Å²) in [5.41, 5.74) is 7.77. The molecule has 0 saturated heterocycles. The fraction of sp³-hybridized carbons (Fsp3) is 0.500. The maximum absolute atomic E-state index is 8.64. The molecule has 0 aliphatic heterocycles. The van der Waals surface area contributed by atoms with E-state index in [0.29, 0.717) is 6.61 Å². The number of hydrogen-bond acceptors (Lipinski definition) is 3. The molecule has 2 nitrogen and oxygen atoms in total. The van der Waals surface area contributed by atoms with E-state index < -0.39 is 0 Å². The number of rotatable bonds is 6. The first-order valence-corrected chi connectivity index (χ1v) is 6.32. The highest BCUT2D eigenvalue weighted by atomic mass is 32.2. The zero-order valence-corrected chi connectivity index (χ0v) is 10.0. The number of nitrogens with two attached hydrogens (primary N) is 1. The molecular weight excluding hydrogens is 206 g/mol. The maximum Gasteiger partial charge on any atom is 0.0431 e. The maximum atomic E-state index is 8.64. The molecule has 0 atom stereocenters. The quantitative estimate of drug-likeness (QED) is 0.444. The van der Waals surface area contributed by atoms with E-state index in [1.165, 1.54) is 10.5 Å². The summed E-state index contributed by atoms with van der Waals surface area (Å²) in [6, 6.07) is 6.04. The molecule has 0 amide bonds. The van der Waals surface area contributed by atoms with Crippen LogP contribution in [-0.4, -0.2) is 17.5 Å². The predicted octanol–water partition coefficient (Wildman–Crippen LogP) is 2.83. The Labute approximate surface area is 95.9 Å². The van der Waals surface area contributed by atoms with Gasteiger partial charge in [-0.3, -0.25) is 0 Å². The number of aliphatic hydroxyl groups is 1. The zero-order valence-electron chi connectivity index (χ0n) is 9.20. The van der Waals surface area contributed by atoms with Crippen LogP contribution in [0.15, 0.2) is 23.1 Å². The molecule has 0 aromatic heterocycles. The van der Waals surface area contributed by atoms with Gasteiger partial charge < -0.3 is 10.8 Å². The Morgan fingerprint density at radius 2 is 2.07 bits per heavy atom. The molecule has 0 aliphatic carbocycles. The van der Waals surface area contributed by atoms with Crippen molar-refractivity contribution < 1.29 is 5.11 Å². The summed E-state index contributed by atoms with van der Waals surface area (Å²) in [6.45, 7) is 2.40. The molecule has 1 aromatic carbocycles. The number of unbranched alkanes of at least 4 members (excludes halogenated alkanes) is 2. The lowest BCUT2D eigenvalue weighted by molar-refractivity contribution is 0.284. The Hall–Kier alpha value is -0.670. The first kappa shape index (κ1) is 12.4. The van der Waals surface area contributed by atoms with Gasteiger partial charge in [0, 0.05) is 17.2 Å². The monoisotopic (exact) mass is 225 g/mol. The molecule has 0 aliphatic rings. The normalized spacial score (nSPS) is 10.5. The number of aryl methyl sites for hydroxylation is 1. The molecule has 0 bridgehead atoms. The number of hydrogen-bond donors (Lipinski definition) is 2.